The molecule has 0 radical (unpaired) electrons. The molecule has 1 saturated heterocycles. The van der Waals surface area contributed by atoms with Gasteiger partial charge >= 0.3 is 0 Å². The van der Waals surface area contributed by atoms with E-state index in [0.29, 0.717) is 26.2 Å². The minimum Gasteiger partial charge on any atom is -0.504 e. The Kier molecular flexibility index (Phi) is 6.05. The van der Waals surface area contributed by atoms with Gasteiger partial charge in [-0.05, 0) is 49.6 Å². The minimum absolute atomic E-state index is 0.0660. The lowest BCUT2D eigenvalue weighted by molar-refractivity contribution is -0.134. The van der Waals surface area contributed by atoms with Crippen molar-refractivity contribution in [3.8, 4) is 23.0 Å². The Labute approximate surface area is 174 Å². The lowest BCUT2D eigenvalue weighted by Crippen LogP contribution is -2.51. The van der Waals surface area contributed by atoms with Crippen LogP contribution in [0.15, 0.2) is 24.3 Å². The first-order valence-corrected chi connectivity index (χ1v) is 9.70. The van der Waals surface area contributed by atoms with Crippen molar-refractivity contribution in [2.45, 2.75) is 20.8 Å². The van der Waals surface area contributed by atoms with Gasteiger partial charge < -0.3 is 29.9 Å². The van der Waals surface area contributed by atoms with Crippen LogP contribution in [-0.4, -0.2) is 69.7 Å². The molecule has 1 aliphatic rings. The standard InChI is InChI=1S/C22H26N2O6/c1-13-4-5-14(2)21(15(13)3)30-12-19(27)23-6-8-24(9-7-23)22(29)16-10-17(25)20(28)18(26)11-16/h4-5,10-11,25-26,28H,6-9,12H2,1-3H3. The third-order valence-electron chi connectivity index (χ3n) is 5.45. The third kappa shape index (κ3) is 4.27. The molecule has 0 unspecified atom stereocenters. The number of phenolic OH excluding ortho intramolecular Hbond substituents is 3. The molecule has 0 atom stereocenters. The zero-order valence-electron chi connectivity index (χ0n) is 17.3. The highest BCUT2D eigenvalue weighted by atomic mass is 16.5. The monoisotopic (exact) mass is 414 g/mol. The van der Waals surface area contributed by atoms with Crippen LogP contribution < -0.4 is 4.74 Å². The van der Waals surface area contributed by atoms with E-state index in [1.807, 2.05) is 32.9 Å². The molecule has 30 heavy (non-hydrogen) atoms. The molecule has 1 heterocycles. The van der Waals surface area contributed by atoms with Crippen LogP contribution in [0.5, 0.6) is 23.0 Å². The summed E-state index contributed by atoms with van der Waals surface area (Å²) in [7, 11) is 0. The van der Waals surface area contributed by atoms with E-state index in [0.717, 1.165) is 34.6 Å². The Bertz CT molecular complexity index is 957. The molecule has 2 aromatic rings. The highest BCUT2D eigenvalue weighted by Gasteiger charge is 2.26. The summed E-state index contributed by atoms with van der Waals surface area (Å²) in [5.41, 5.74) is 3.15. The maximum absolute atomic E-state index is 12.6. The third-order valence-corrected chi connectivity index (χ3v) is 5.45. The summed E-state index contributed by atoms with van der Waals surface area (Å²) in [5, 5.41) is 28.6. The molecule has 160 valence electrons. The molecular formula is C22H26N2O6. The second kappa shape index (κ2) is 8.52. The van der Waals surface area contributed by atoms with Gasteiger partial charge in [-0.25, -0.2) is 0 Å². The topological polar surface area (TPSA) is 111 Å². The summed E-state index contributed by atoms with van der Waals surface area (Å²) in [6, 6.07) is 6.19. The Morgan fingerprint density at radius 1 is 0.900 bits per heavy atom. The maximum atomic E-state index is 12.6. The fourth-order valence-corrected chi connectivity index (χ4v) is 3.44. The van der Waals surface area contributed by atoms with E-state index < -0.39 is 23.2 Å². The molecule has 0 aromatic heterocycles. The Hall–Kier alpha value is -3.42. The van der Waals surface area contributed by atoms with Gasteiger partial charge in [-0.1, -0.05) is 12.1 Å². The molecule has 0 spiro atoms. The first-order valence-electron chi connectivity index (χ1n) is 9.70. The molecule has 2 amide bonds. The van der Waals surface area contributed by atoms with Crippen LogP contribution in [0.4, 0.5) is 0 Å². The number of hydrogen-bond donors (Lipinski definition) is 3. The van der Waals surface area contributed by atoms with Gasteiger partial charge in [0.2, 0.25) is 0 Å². The second-order valence-corrected chi connectivity index (χ2v) is 7.48. The number of aryl methyl sites for hydroxylation is 2. The molecule has 2 aromatic carbocycles. The molecule has 0 bridgehead atoms. The molecule has 0 saturated carbocycles. The fraction of sp³-hybridized carbons (Fsp3) is 0.364. The zero-order valence-corrected chi connectivity index (χ0v) is 17.3. The number of carbonyl (C=O) groups excluding carboxylic acids is 2. The quantitative estimate of drug-likeness (QED) is 0.661. The van der Waals surface area contributed by atoms with Crippen LogP contribution in [0.25, 0.3) is 0 Å². The van der Waals surface area contributed by atoms with Crippen molar-refractivity contribution in [2.75, 3.05) is 32.8 Å². The number of aromatic hydroxyl groups is 3. The first kappa shape index (κ1) is 21.3. The van der Waals surface area contributed by atoms with Gasteiger partial charge in [-0.15, -0.1) is 0 Å². The Morgan fingerprint density at radius 2 is 1.43 bits per heavy atom. The van der Waals surface area contributed by atoms with E-state index in [2.05, 4.69) is 0 Å². The van der Waals surface area contributed by atoms with Crippen LogP contribution in [-0.2, 0) is 4.79 Å². The predicted octanol–water partition coefficient (Wildman–Crippen LogP) is 2.09. The molecular weight excluding hydrogens is 388 g/mol. The Morgan fingerprint density at radius 3 is 2.03 bits per heavy atom. The van der Waals surface area contributed by atoms with Crippen molar-refractivity contribution in [1.82, 2.24) is 9.80 Å². The van der Waals surface area contributed by atoms with E-state index in [9.17, 15) is 24.9 Å². The SMILES string of the molecule is Cc1ccc(C)c(OCC(=O)N2CCN(C(=O)c3cc(O)c(O)c(O)c3)CC2)c1C. The smallest absolute Gasteiger partial charge is 0.260 e. The number of hydrogen-bond acceptors (Lipinski definition) is 6. The van der Waals surface area contributed by atoms with E-state index in [1.165, 1.54) is 4.90 Å². The van der Waals surface area contributed by atoms with Crippen molar-refractivity contribution in [1.29, 1.82) is 0 Å². The van der Waals surface area contributed by atoms with Crippen LogP contribution in [0.2, 0.25) is 0 Å². The normalized spacial score (nSPS) is 14.0. The lowest BCUT2D eigenvalue weighted by atomic mass is 10.1. The van der Waals surface area contributed by atoms with Gasteiger partial charge in [-0.3, -0.25) is 9.59 Å². The number of piperazine rings is 1. The molecule has 3 N–H and O–H groups in total. The average molecular weight is 414 g/mol. The second-order valence-electron chi connectivity index (χ2n) is 7.48. The highest BCUT2D eigenvalue weighted by Crippen LogP contribution is 2.35. The van der Waals surface area contributed by atoms with Crippen LogP contribution in [0, 0.1) is 20.8 Å². The largest absolute Gasteiger partial charge is 0.504 e. The lowest BCUT2D eigenvalue weighted by Gasteiger charge is -2.34. The molecule has 8 heteroatoms. The molecule has 3 rings (SSSR count). The summed E-state index contributed by atoms with van der Waals surface area (Å²) < 4.78 is 5.79. The fourth-order valence-electron chi connectivity index (χ4n) is 3.44. The molecule has 0 aliphatic carbocycles. The average Bonchev–Trinajstić information content (AvgIpc) is 2.73. The first-order chi connectivity index (χ1) is 14.2. The van der Waals surface area contributed by atoms with Crippen molar-refractivity contribution >= 4 is 11.8 Å². The van der Waals surface area contributed by atoms with Gasteiger partial charge in [-0.2, -0.15) is 0 Å². The van der Waals surface area contributed by atoms with Crippen molar-refractivity contribution < 1.29 is 29.6 Å². The van der Waals surface area contributed by atoms with Crippen molar-refractivity contribution in [2.24, 2.45) is 0 Å². The summed E-state index contributed by atoms with van der Waals surface area (Å²) in [5.74, 6) is -1.61. The van der Waals surface area contributed by atoms with E-state index in [1.54, 1.807) is 4.90 Å². The number of benzene rings is 2. The van der Waals surface area contributed by atoms with Gasteiger partial charge in [0.05, 0.1) is 0 Å². The highest BCUT2D eigenvalue weighted by molar-refractivity contribution is 5.95. The Balaban J connectivity index is 1.57. The molecule has 8 nitrogen and oxygen atoms in total. The number of phenols is 3. The summed E-state index contributed by atoms with van der Waals surface area (Å²) >= 11 is 0. The summed E-state index contributed by atoms with van der Waals surface area (Å²) in [6.45, 7) is 7.17. The number of nitrogens with zero attached hydrogens (tertiary/aromatic N) is 2. The minimum atomic E-state index is -0.666. The van der Waals surface area contributed by atoms with Gasteiger partial charge in [0.25, 0.3) is 11.8 Å². The van der Waals surface area contributed by atoms with Gasteiger partial charge in [0, 0.05) is 31.7 Å². The van der Waals surface area contributed by atoms with Gasteiger partial charge in [0.1, 0.15) is 5.75 Å². The molecule has 1 fully saturated rings. The van der Waals surface area contributed by atoms with Crippen molar-refractivity contribution in [3.63, 3.8) is 0 Å². The number of carbonyl (C=O) groups is 2. The number of amides is 2. The predicted molar refractivity (Wildman–Crippen MR) is 110 cm³/mol. The number of ether oxygens (including phenoxy) is 1. The van der Waals surface area contributed by atoms with E-state index in [-0.39, 0.29) is 18.1 Å². The van der Waals surface area contributed by atoms with Crippen LogP contribution in [0.1, 0.15) is 27.0 Å². The van der Waals surface area contributed by atoms with Gasteiger partial charge in [0.15, 0.2) is 23.9 Å². The van der Waals surface area contributed by atoms with E-state index in [4.69, 9.17) is 4.74 Å². The maximum Gasteiger partial charge on any atom is 0.260 e. The number of rotatable bonds is 4. The van der Waals surface area contributed by atoms with Crippen LogP contribution in [0.3, 0.4) is 0 Å². The molecule has 1 aliphatic heterocycles. The summed E-state index contributed by atoms with van der Waals surface area (Å²) in [6.07, 6.45) is 0. The van der Waals surface area contributed by atoms with E-state index >= 15 is 0 Å². The van der Waals surface area contributed by atoms with Crippen LogP contribution >= 0.6 is 0 Å². The zero-order chi connectivity index (χ0) is 22.0. The van der Waals surface area contributed by atoms with Crippen molar-refractivity contribution in [3.05, 3.63) is 46.5 Å². The summed E-state index contributed by atoms with van der Waals surface area (Å²) in [4.78, 5) is 28.3.